The Morgan fingerprint density at radius 1 is 0.897 bits per heavy atom. The second-order valence-corrected chi connectivity index (χ2v) is 28.4. The fraction of sp³-hybridized carbons (Fsp3) is 0.508. The van der Waals surface area contributed by atoms with E-state index in [4.69, 9.17) is 31.0 Å². The number of nitrogens with one attached hydrogen (secondary N) is 4. The predicted octanol–water partition coefficient (Wildman–Crippen LogP) is 8.84. The zero-order valence-electron chi connectivity index (χ0n) is 50.3. The Balaban J connectivity index is 0.776. The number of pyridine rings is 1. The third-order valence-electron chi connectivity index (χ3n) is 18.0. The molecule has 0 spiro atoms. The number of fused-ring (bicyclic) bond motifs is 2. The molecule has 3 aromatic heterocycles. The summed E-state index contributed by atoms with van der Waals surface area (Å²) in [5, 5.41) is 28.8. The van der Waals surface area contributed by atoms with Crippen LogP contribution in [0.5, 0.6) is 0 Å². The van der Waals surface area contributed by atoms with Crippen molar-refractivity contribution in [2.24, 2.45) is 33.6 Å². The van der Waals surface area contributed by atoms with E-state index < -0.39 is 39.6 Å². The number of hydrogen-bond donors (Lipinski definition) is 8. The highest BCUT2D eigenvalue weighted by Crippen LogP contribution is 2.72. The van der Waals surface area contributed by atoms with Crippen LogP contribution in [0.15, 0.2) is 85.1 Å². The van der Waals surface area contributed by atoms with Gasteiger partial charge in [-0.15, -0.1) is 0 Å². The fourth-order valence-corrected chi connectivity index (χ4v) is 16.2. The molecule has 24 heteroatoms. The number of ether oxygens (including phenoxy) is 2. The van der Waals surface area contributed by atoms with Gasteiger partial charge in [-0.1, -0.05) is 75.4 Å². The summed E-state index contributed by atoms with van der Waals surface area (Å²) in [6, 6.07) is 24.0. The van der Waals surface area contributed by atoms with Gasteiger partial charge in [-0.2, -0.15) is 13.5 Å². The average Bonchev–Trinajstić information content (AvgIpc) is 0.855. The molecule has 6 aromatic rings. The van der Waals surface area contributed by atoms with E-state index in [1.165, 1.54) is 16.2 Å². The first-order valence-electron chi connectivity index (χ1n) is 30.0. The Bertz CT molecular complexity index is 3560. The van der Waals surface area contributed by atoms with Gasteiger partial charge in [-0.3, -0.25) is 19.3 Å². The summed E-state index contributed by atoms with van der Waals surface area (Å²) in [5.41, 5.74) is 17.3. The number of thiazole rings is 1. The minimum absolute atomic E-state index is 0.0155. The lowest BCUT2D eigenvalue weighted by atomic mass is 9.39. The summed E-state index contributed by atoms with van der Waals surface area (Å²) in [4.78, 5) is 64.5. The van der Waals surface area contributed by atoms with Gasteiger partial charge in [0, 0.05) is 92.5 Å². The quantitative estimate of drug-likeness (QED) is 0.0176. The van der Waals surface area contributed by atoms with Crippen molar-refractivity contribution in [3.63, 3.8) is 0 Å². The van der Waals surface area contributed by atoms with Crippen LogP contribution in [0.1, 0.15) is 122 Å². The number of anilines is 3. The van der Waals surface area contributed by atoms with Crippen molar-refractivity contribution in [1.82, 2.24) is 35.3 Å². The van der Waals surface area contributed by atoms with Gasteiger partial charge in [0.1, 0.15) is 12.4 Å². The van der Waals surface area contributed by atoms with E-state index in [-0.39, 0.29) is 66.2 Å². The Morgan fingerprint density at radius 2 is 1.66 bits per heavy atom. The third kappa shape index (κ3) is 15.2. The molecule has 4 fully saturated rings. The number of hydrogen-bond acceptors (Lipinski definition) is 16. The largest absolute Gasteiger partial charge is 0.476 e. The number of carbonyl (C=O) groups excluding carboxylic acids is 3. The summed E-state index contributed by atoms with van der Waals surface area (Å²) in [6.45, 7) is 13.8. The van der Waals surface area contributed by atoms with Gasteiger partial charge in [0.2, 0.25) is 0 Å². The molecule has 4 aliphatic carbocycles. The minimum atomic E-state index is -4.42. The van der Waals surface area contributed by atoms with Gasteiger partial charge in [0.15, 0.2) is 10.8 Å². The zero-order valence-corrected chi connectivity index (χ0v) is 51.9. The number of carbonyl (C=O) groups is 4. The van der Waals surface area contributed by atoms with Crippen LogP contribution in [0.2, 0.25) is 0 Å². The molecule has 1 aliphatic heterocycles. The minimum Gasteiger partial charge on any atom is -0.476 e. The van der Waals surface area contributed by atoms with Crippen LogP contribution in [0, 0.1) is 29.1 Å². The summed E-state index contributed by atoms with van der Waals surface area (Å²) < 4.78 is 49.5. The SMILES string of the molecule is Cc1c(-c2ccc(N3CCc4cccc(C(=O)Nc5nc6ccccc6s5)c4C3)nc2C(=O)O)cnn1CC12CC3(C)CC(C)(C1)CC(OCCN(CCS(=O)(=O)O)C(=O)OCc1ccc(NC[C@H](CCCNC(N)=O)NC[C@@H](N)C(C)C)cc1)(C3)C2. The Labute approximate surface area is 512 Å². The lowest BCUT2D eigenvalue weighted by molar-refractivity contribution is -0.248. The maximum atomic E-state index is 13.8. The number of carboxylic acids is 1. The molecule has 0 radical (unpaired) electrons. The van der Waals surface area contributed by atoms with Crippen LogP contribution < -0.4 is 37.6 Å². The maximum Gasteiger partial charge on any atom is 0.410 e. The standard InChI is InChI=1S/C63H82N12O10S2/c1-40(2)50(64)30-68-45(11-9-22-66-57(65)79)28-67-44-17-15-42(16-18-44)32-84-59(80)73(25-27-87(81,82)83)24-26-85-63-36-60(4)33-61(5,37-63)35-62(34-60,38-63)39-75-41(3)48(29-69-75)46-19-20-53(71-54(46)56(77)78)74-23-21-43-10-8-12-47(49(43)31-74)55(76)72-58-70-51-13-6-7-14-52(51)86-58/h6-8,10,12-20,29,40,45,50,67-68H,9,11,21-28,30-39,64H2,1-5H3,(H,77,78)(H3,65,66,79)(H,70,72,76)(H,81,82,83)/t45-,50+,60?,61?,62?,63?/m0/s1. The number of rotatable bonds is 27. The molecule has 11 rings (SSSR count). The monoisotopic (exact) mass is 1230 g/mol. The number of urea groups is 1. The number of carboxylic acid groups (broad SMARTS) is 1. The summed E-state index contributed by atoms with van der Waals surface area (Å²) in [5.74, 6) is -1.30. The van der Waals surface area contributed by atoms with E-state index in [0.29, 0.717) is 84.8 Å². The number of aromatic carboxylic acids is 1. The van der Waals surface area contributed by atoms with Crippen LogP contribution in [0.25, 0.3) is 21.3 Å². The molecular formula is C63H82N12O10S2. The second kappa shape index (κ2) is 25.9. The van der Waals surface area contributed by atoms with E-state index in [1.807, 2.05) is 89.3 Å². The number of aromatic nitrogens is 4. The number of primary amides is 1. The van der Waals surface area contributed by atoms with Crippen molar-refractivity contribution in [2.75, 3.05) is 67.2 Å². The number of nitrogens with zero attached hydrogens (tertiary/aromatic N) is 6. The van der Waals surface area contributed by atoms with Crippen LogP contribution in [-0.2, 0) is 45.7 Å². The van der Waals surface area contributed by atoms with E-state index in [1.54, 1.807) is 12.3 Å². The number of para-hydroxylation sites is 1. The first-order chi connectivity index (χ1) is 41.4. The molecule has 5 aliphatic rings. The first-order valence-corrected chi connectivity index (χ1v) is 32.5. The molecule has 466 valence electrons. The topological polar surface area (TPSA) is 312 Å². The van der Waals surface area contributed by atoms with Crippen molar-refractivity contribution >= 4 is 72.3 Å². The number of amides is 4. The van der Waals surface area contributed by atoms with Crippen molar-refractivity contribution in [3.05, 3.63) is 119 Å². The van der Waals surface area contributed by atoms with Gasteiger partial charge in [-0.25, -0.2) is 24.4 Å². The highest BCUT2D eigenvalue weighted by molar-refractivity contribution is 7.85. The van der Waals surface area contributed by atoms with Crippen LogP contribution in [0.4, 0.5) is 26.2 Å². The Morgan fingerprint density at radius 3 is 2.37 bits per heavy atom. The van der Waals surface area contributed by atoms with Gasteiger partial charge in [0.05, 0.1) is 34.4 Å². The summed E-state index contributed by atoms with van der Waals surface area (Å²) >= 11 is 1.41. The summed E-state index contributed by atoms with van der Waals surface area (Å²) in [6.07, 6.45) is 8.43. The zero-order chi connectivity index (χ0) is 61.9. The molecule has 87 heavy (non-hydrogen) atoms. The highest BCUT2D eigenvalue weighted by Gasteiger charge is 2.66. The lowest BCUT2D eigenvalue weighted by Crippen LogP contribution is -2.64. The third-order valence-corrected chi connectivity index (χ3v) is 19.7. The van der Waals surface area contributed by atoms with E-state index in [2.05, 4.69) is 53.9 Å². The average molecular weight is 1230 g/mol. The lowest BCUT2D eigenvalue weighted by Gasteiger charge is -2.69. The molecule has 4 amide bonds. The molecule has 2 unspecified atom stereocenters. The van der Waals surface area contributed by atoms with Crippen molar-refractivity contribution in [3.8, 4) is 11.1 Å². The summed E-state index contributed by atoms with van der Waals surface area (Å²) in [7, 11) is -4.42. The van der Waals surface area contributed by atoms with Gasteiger partial charge in [-0.05, 0) is 146 Å². The number of benzene rings is 3. The molecule has 3 aromatic carbocycles. The molecular weight excluding hydrogens is 1150 g/mol. The molecule has 4 bridgehead atoms. The molecule has 4 atom stereocenters. The fourth-order valence-electron chi connectivity index (χ4n) is 14.9. The van der Waals surface area contributed by atoms with Gasteiger partial charge < -0.3 is 51.8 Å². The van der Waals surface area contributed by atoms with Crippen molar-refractivity contribution in [1.29, 1.82) is 0 Å². The van der Waals surface area contributed by atoms with Crippen LogP contribution >= 0.6 is 11.3 Å². The Kier molecular flexibility index (Phi) is 18.7. The molecule has 22 nitrogen and oxygen atoms in total. The van der Waals surface area contributed by atoms with Crippen LogP contribution in [0.3, 0.4) is 0 Å². The Hall–Kier alpha value is -7.22. The normalized spacial score (nSPS) is 22.0. The molecule has 10 N–H and O–H groups in total. The predicted molar refractivity (Wildman–Crippen MR) is 335 cm³/mol. The van der Waals surface area contributed by atoms with E-state index >= 15 is 0 Å². The van der Waals surface area contributed by atoms with Crippen molar-refractivity contribution < 1.29 is 46.7 Å². The molecule has 4 saturated carbocycles. The molecule has 4 heterocycles. The number of nitrogens with two attached hydrogens (primary N) is 2. The maximum absolute atomic E-state index is 13.8. The van der Waals surface area contributed by atoms with E-state index in [0.717, 1.165) is 84.1 Å². The van der Waals surface area contributed by atoms with Gasteiger partial charge in [0.25, 0.3) is 16.0 Å². The van der Waals surface area contributed by atoms with Crippen molar-refractivity contribution in [2.45, 2.75) is 130 Å². The van der Waals surface area contributed by atoms with Crippen LogP contribution in [-0.4, -0.2) is 136 Å². The van der Waals surface area contributed by atoms with E-state index in [9.17, 15) is 37.3 Å². The highest BCUT2D eigenvalue weighted by atomic mass is 32.2. The van der Waals surface area contributed by atoms with Gasteiger partial charge >= 0.3 is 18.1 Å². The smallest absolute Gasteiger partial charge is 0.410 e. The second-order valence-electron chi connectivity index (χ2n) is 25.8. The molecule has 0 saturated heterocycles. The first kappa shape index (κ1) is 62.8.